The molecule has 2 fully saturated rings. The van der Waals surface area contributed by atoms with Crippen LogP contribution in [0.2, 0.25) is 0 Å². The molecule has 9 nitrogen and oxygen atoms in total. The highest BCUT2D eigenvalue weighted by atomic mass is 19.3. The zero-order valence-electron chi connectivity index (χ0n) is 24.4. The molecular weight excluding hydrogens is 526 g/mol. The van der Waals surface area contributed by atoms with Gasteiger partial charge in [0.2, 0.25) is 0 Å². The van der Waals surface area contributed by atoms with Crippen LogP contribution in [0.4, 0.5) is 14.5 Å². The lowest BCUT2D eigenvalue weighted by atomic mass is 9.98. The number of hydrogen-bond acceptors (Lipinski definition) is 7. The number of fused-ring (bicyclic) bond motifs is 1. The number of rotatable bonds is 8. The van der Waals surface area contributed by atoms with Crippen LogP contribution in [-0.2, 0) is 20.1 Å². The molecule has 11 heteroatoms. The lowest BCUT2D eigenvalue weighted by Crippen LogP contribution is -2.59. The number of pyridine rings is 2. The van der Waals surface area contributed by atoms with Gasteiger partial charge in [-0.15, -0.1) is 0 Å². The van der Waals surface area contributed by atoms with Gasteiger partial charge in [-0.1, -0.05) is 19.9 Å². The predicted octanol–water partition coefficient (Wildman–Crippen LogP) is 4.33. The number of nitriles is 1. The summed E-state index contributed by atoms with van der Waals surface area (Å²) in [5.74, 6) is -2.54. The number of anilines is 1. The van der Waals surface area contributed by atoms with Crippen molar-refractivity contribution in [1.82, 2.24) is 29.1 Å². The second kappa shape index (κ2) is 11.9. The highest BCUT2D eigenvalue weighted by Crippen LogP contribution is 2.34. The summed E-state index contributed by atoms with van der Waals surface area (Å²) in [6.45, 7) is 9.71. The molecule has 3 atom stereocenters. The molecule has 2 aliphatic heterocycles. The molecule has 5 heterocycles. The highest BCUT2D eigenvalue weighted by Gasteiger charge is 2.37. The SMILES string of the molecule is CC[C@H]1CN(C(C)c2ccc(CN3CCC(F)(F)CC3)cn2)[C@H](CC)CN1c1cc(=O)n(C)c2cn(CC#N)nc12. The van der Waals surface area contributed by atoms with Crippen LogP contribution in [0.3, 0.4) is 0 Å². The Kier molecular flexibility index (Phi) is 8.43. The Hall–Kier alpha value is -3.36. The maximum Gasteiger partial charge on any atom is 0.252 e. The van der Waals surface area contributed by atoms with Crippen LogP contribution in [0.5, 0.6) is 0 Å². The number of likely N-dealkylation sites (tertiary alicyclic amines) is 1. The summed E-state index contributed by atoms with van der Waals surface area (Å²) in [5, 5.41) is 13.9. The maximum atomic E-state index is 13.5. The third-order valence-corrected chi connectivity index (χ3v) is 8.93. The van der Waals surface area contributed by atoms with Crippen LogP contribution in [-0.4, -0.2) is 73.3 Å². The average molecular weight is 567 g/mol. The van der Waals surface area contributed by atoms with Crippen LogP contribution < -0.4 is 10.5 Å². The van der Waals surface area contributed by atoms with Crippen molar-refractivity contribution in [2.24, 2.45) is 7.05 Å². The zero-order valence-corrected chi connectivity index (χ0v) is 24.4. The van der Waals surface area contributed by atoms with E-state index in [1.54, 1.807) is 28.6 Å². The van der Waals surface area contributed by atoms with Gasteiger partial charge in [0, 0.05) is 83.0 Å². The molecule has 0 bridgehead atoms. The number of nitrogens with zero attached hydrogens (tertiary/aromatic N) is 8. The summed E-state index contributed by atoms with van der Waals surface area (Å²) in [6, 6.07) is 8.48. The van der Waals surface area contributed by atoms with Gasteiger partial charge in [0.15, 0.2) is 0 Å². The second-order valence-electron chi connectivity index (χ2n) is 11.5. The first-order chi connectivity index (χ1) is 19.6. The first kappa shape index (κ1) is 29.1. The molecule has 2 aliphatic rings. The van der Waals surface area contributed by atoms with Gasteiger partial charge in [-0.3, -0.25) is 24.3 Å². The molecule has 0 N–H and O–H groups in total. The molecule has 41 heavy (non-hydrogen) atoms. The first-order valence-electron chi connectivity index (χ1n) is 14.7. The number of hydrogen-bond donors (Lipinski definition) is 0. The molecule has 5 rings (SSSR count). The summed E-state index contributed by atoms with van der Waals surface area (Å²) in [7, 11) is 1.74. The van der Waals surface area contributed by atoms with Crippen molar-refractivity contribution in [3.05, 3.63) is 52.2 Å². The van der Waals surface area contributed by atoms with Crippen molar-refractivity contribution in [2.45, 2.75) is 83.6 Å². The Morgan fingerprint density at radius 1 is 1.15 bits per heavy atom. The van der Waals surface area contributed by atoms with Gasteiger partial charge in [-0.05, 0) is 31.4 Å². The normalized spacial score (nSPS) is 22.6. The Bertz CT molecular complexity index is 1450. The van der Waals surface area contributed by atoms with E-state index in [-0.39, 0.29) is 43.1 Å². The summed E-state index contributed by atoms with van der Waals surface area (Å²) in [6.07, 6.45) is 5.34. The van der Waals surface area contributed by atoms with E-state index >= 15 is 0 Å². The number of aromatic nitrogens is 4. The fourth-order valence-electron chi connectivity index (χ4n) is 6.31. The van der Waals surface area contributed by atoms with Crippen LogP contribution in [0.25, 0.3) is 11.0 Å². The molecule has 3 aromatic rings. The molecule has 0 saturated carbocycles. The molecule has 0 spiro atoms. The fraction of sp³-hybridized carbons (Fsp3) is 0.600. The van der Waals surface area contributed by atoms with E-state index in [1.165, 1.54) is 0 Å². The summed E-state index contributed by atoms with van der Waals surface area (Å²) in [4.78, 5) is 24.7. The van der Waals surface area contributed by atoms with Gasteiger partial charge in [0.05, 0.1) is 29.2 Å². The highest BCUT2D eigenvalue weighted by molar-refractivity contribution is 5.88. The molecule has 2 saturated heterocycles. The Morgan fingerprint density at radius 2 is 1.88 bits per heavy atom. The summed E-state index contributed by atoms with van der Waals surface area (Å²) >= 11 is 0. The van der Waals surface area contributed by atoms with Crippen LogP contribution in [0, 0.1) is 11.3 Å². The number of alkyl halides is 2. The van der Waals surface area contributed by atoms with Gasteiger partial charge in [0.25, 0.3) is 11.5 Å². The molecule has 220 valence electrons. The van der Waals surface area contributed by atoms with Gasteiger partial charge in [-0.25, -0.2) is 8.78 Å². The number of halogens is 2. The minimum absolute atomic E-state index is 0.0800. The van der Waals surface area contributed by atoms with Gasteiger partial charge in [0.1, 0.15) is 12.1 Å². The van der Waals surface area contributed by atoms with Crippen molar-refractivity contribution >= 4 is 16.7 Å². The summed E-state index contributed by atoms with van der Waals surface area (Å²) in [5.41, 5.74) is 4.24. The van der Waals surface area contributed by atoms with E-state index in [1.807, 2.05) is 6.20 Å². The molecule has 0 amide bonds. The van der Waals surface area contributed by atoms with Gasteiger partial charge < -0.3 is 9.47 Å². The van der Waals surface area contributed by atoms with Crippen LogP contribution >= 0.6 is 0 Å². The molecule has 3 aromatic heterocycles. The lowest BCUT2D eigenvalue weighted by Gasteiger charge is -2.49. The predicted molar refractivity (Wildman–Crippen MR) is 155 cm³/mol. The molecular formula is C30H40F2N8O. The largest absolute Gasteiger partial charge is 0.364 e. The third kappa shape index (κ3) is 5.99. The lowest BCUT2D eigenvalue weighted by molar-refractivity contribution is -0.0566. The number of piperidine rings is 1. The molecule has 0 aromatic carbocycles. The van der Waals surface area contributed by atoms with Crippen LogP contribution in [0.1, 0.15) is 63.8 Å². The monoisotopic (exact) mass is 566 g/mol. The maximum absolute atomic E-state index is 13.5. The van der Waals surface area contributed by atoms with E-state index < -0.39 is 5.92 Å². The van der Waals surface area contributed by atoms with Crippen LogP contribution in [0.15, 0.2) is 35.4 Å². The Labute approximate surface area is 240 Å². The van der Waals surface area contributed by atoms with E-state index in [9.17, 15) is 18.8 Å². The van der Waals surface area contributed by atoms with Crippen molar-refractivity contribution in [1.29, 1.82) is 5.26 Å². The third-order valence-electron chi connectivity index (χ3n) is 8.93. The average Bonchev–Trinajstić information content (AvgIpc) is 3.40. The molecule has 0 aliphatic carbocycles. The van der Waals surface area contributed by atoms with E-state index in [4.69, 9.17) is 4.98 Å². The number of piperazine rings is 1. The first-order valence-corrected chi connectivity index (χ1v) is 14.7. The van der Waals surface area contributed by atoms with E-state index in [0.717, 1.165) is 53.9 Å². The minimum Gasteiger partial charge on any atom is -0.364 e. The van der Waals surface area contributed by atoms with E-state index in [0.29, 0.717) is 19.6 Å². The standard InChI is InChI=1S/C30H40F2N8O/c1-5-23-19-40(26-15-28(41)36(4)27-20-38(14-11-33)35-29(26)27)24(6-2)18-39(23)21(3)25-8-7-22(16-34-25)17-37-12-9-30(31,32)10-13-37/h7-8,15-16,20-21,23-24H,5-6,9-10,12-14,17-19H2,1-4H3/t21?,23-,24+/m1/s1. The van der Waals surface area contributed by atoms with E-state index in [2.05, 4.69) is 58.8 Å². The Balaban J connectivity index is 1.34. The van der Waals surface area contributed by atoms with Crippen molar-refractivity contribution in [3.8, 4) is 6.07 Å². The van der Waals surface area contributed by atoms with Crippen molar-refractivity contribution in [2.75, 3.05) is 31.1 Å². The number of aryl methyl sites for hydroxylation is 1. The molecule has 0 radical (unpaired) electrons. The fourth-order valence-corrected chi connectivity index (χ4v) is 6.31. The smallest absolute Gasteiger partial charge is 0.252 e. The van der Waals surface area contributed by atoms with Gasteiger partial charge in [-0.2, -0.15) is 10.4 Å². The second-order valence-corrected chi connectivity index (χ2v) is 11.5. The minimum atomic E-state index is -2.54. The zero-order chi connectivity index (χ0) is 29.3. The van der Waals surface area contributed by atoms with Crippen molar-refractivity contribution in [3.63, 3.8) is 0 Å². The molecule has 1 unspecified atom stereocenters. The summed E-state index contributed by atoms with van der Waals surface area (Å²) < 4.78 is 30.2. The Morgan fingerprint density at radius 3 is 2.51 bits per heavy atom. The quantitative estimate of drug-likeness (QED) is 0.401. The van der Waals surface area contributed by atoms with Crippen molar-refractivity contribution < 1.29 is 8.78 Å². The van der Waals surface area contributed by atoms with Gasteiger partial charge >= 0.3 is 0 Å². The topological polar surface area (TPSA) is 86.2 Å².